The number of fused-ring (bicyclic) bond motifs is 7. The Morgan fingerprint density at radius 1 is 0.750 bits per heavy atom. The average molecular weight is 795 g/mol. The third kappa shape index (κ3) is 6.17. The lowest BCUT2D eigenvalue weighted by atomic mass is 9.33. The Labute approximate surface area is 329 Å². The van der Waals surface area contributed by atoms with Crippen LogP contribution >= 0.6 is 0 Å². The van der Waals surface area contributed by atoms with Crippen molar-refractivity contribution >= 4 is 11.9 Å². The molecule has 56 heavy (non-hydrogen) atoms. The van der Waals surface area contributed by atoms with Crippen molar-refractivity contribution in [3.63, 3.8) is 0 Å². The number of hydrogen-bond acceptors (Lipinski definition) is 13. The van der Waals surface area contributed by atoms with Crippen molar-refractivity contribution in [1.82, 2.24) is 0 Å². The first-order valence-corrected chi connectivity index (χ1v) is 20.8. The van der Waals surface area contributed by atoms with Gasteiger partial charge in [0.2, 0.25) is 6.29 Å². The van der Waals surface area contributed by atoms with Gasteiger partial charge >= 0.3 is 11.9 Å². The largest absolute Gasteiger partial charge is 0.479 e. The molecule has 2 saturated heterocycles. The van der Waals surface area contributed by atoms with E-state index in [1.165, 1.54) is 5.57 Å². The summed E-state index contributed by atoms with van der Waals surface area (Å²) in [6, 6.07) is 0. The van der Waals surface area contributed by atoms with Gasteiger partial charge in [-0.1, -0.05) is 60.1 Å². The number of aliphatic carboxylic acids is 1. The maximum atomic E-state index is 14.6. The van der Waals surface area contributed by atoms with Crippen LogP contribution in [-0.4, -0.2) is 127 Å². The van der Waals surface area contributed by atoms with Crippen LogP contribution in [0.5, 0.6) is 0 Å². The van der Waals surface area contributed by atoms with Crippen LogP contribution in [0.1, 0.15) is 113 Å². The first-order chi connectivity index (χ1) is 26.0. The van der Waals surface area contributed by atoms with Gasteiger partial charge in [0.25, 0.3) is 0 Å². The molecule has 4 saturated carbocycles. The maximum Gasteiger partial charge on any atom is 0.335 e. The molecule has 7 rings (SSSR count). The Hall–Kier alpha value is -1.72. The molecule has 6 fully saturated rings. The maximum absolute atomic E-state index is 14.6. The van der Waals surface area contributed by atoms with Crippen molar-refractivity contribution in [2.45, 2.75) is 180 Å². The summed E-state index contributed by atoms with van der Waals surface area (Å²) in [5.74, 6) is -1.52. The predicted molar refractivity (Wildman–Crippen MR) is 198 cm³/mol. The van der Waals surface area contributed by atoms with E-state index in [-0.39, 0.29) is 33.5 Å². The van der Waals surface area contributed by atoms with Gasteiger partial charge in [0.05, 0.1) is 18.1 Å². The number of rotatable bonds is 6. The lowest BCUT2D eigenvalue weighted by molar-refractivity contribution is -0.324. The van der Waals surface area contributed by atoms with Gasteiger partial charge in [-0.25, -0.2) is 4.79 Å². The fraction of sp³-hybridized carbons (Fsp3) is 0.905. The number of esters is 1. The summed E-state index contributed by atoms with van der Waals surface area (Å²) in [6.45, 7) is 15.5. The molecule has 2 heterocycles. The Balaban J connectivity index is 1.16. The van der Waals surface area contributed by atoms with Gasteiger partial charge in [0.15, 0.2) is 12.4 Å². The number of carbonyl (C=O) groups is 2. The van der Waals surface area contributed by atoms with Crippen molar-refractivity contribution in [3.8, 4) is 0 Å². The summed E-state index contributed by atoms with van der Waals surface area (Å²) in [5, 5.41) is 82.4. The first kappa shape index (κ1) is 42.4. The van der Waals surface area contributed by atoms with Crippen molar-refractivity contribution in [2.24, 2.45) is 50.2 Å². The first-order valence-electron chi connectivity index (χ1n) is 20.8. The molecule has 8 N–H and O–H groups in total. The molecule has 2 aliphatic heterocycles. The summed E-state index contributed by atoms with van der Waals surface area (Å²) in [5.41, 5.74) is -0.448. The van der Waals surface area contributed by atoms with E-state index in [9.17, 15) is 50.4 Å². The molecule has 7 aliphatic rings. The van der Waals surface area contributed by atoms with Gasteiger partial charge in [0.1, 0.15) is 42.7 Å². The summed E-state index contributed by atoms with van der Waals surface area (Å²) in [6.07, 6.45) is -6.14. The standard InChI is InChI=1S/C42H66O14/c1-37(2)14-16-42(36(52)56-34-30(48)27(45)26(44)22(19-43)53-34)17-15-40(6)20(21(42)18-37)8-9-24-39(5)12-11-25(38(3,4)23(39)10-13-41(24,40)7)54-35-31(49)28(46)29(47)32(55-35)33(50)51/h8,21-32,34-35,43-49H,9-19H2,1-7H3,(H,50,51)/t21?,22?,23?,24?,25-,26?,27?,28?,29?,30?,31?,32?,34?,35?,39?,40+,41?,42?/m0/s1. The lowest BCUT2D eigenvalue weighted by Gasteiger charge is -2.71. The highest BCUT2D eigenvalue weighted by molar-refractivity contribution is 5.79. The second-order valence-electron chi connectivity index (χ2n) is 20.7. The van der Waals surface area contributed by atoms with Crippen LogP contribution in [0.4, 0.5) is 0 Å². The molecule has 0 aromatic heterocycles. The Morgan fingerprint density at radius 2 is 1.39 bits per heavy atom. The fourth-order valence-corrected chi connectivity index (χ4v) is 13.5. The van der Waals surface area contributed by atoms with Crippen LogP contribution in [0.15, 0.2) is 11.6 Å². The molecule has 14 heteroatoms. The Morgan fingerprint density at radius 3 is 2.05 bits per heavy atom. The van der Waals surface area contributed by atoms with E-state index in [0.717, 1.165) is 44.9 Å². The molecule has 0 aromatic carbocycles. The number of allylic oxidation sites excluding steroid dienone is 2. The molecule has 18 atom stereocenters. The summed E-state index contributed by atoms with van der Waals surface area (Å²) in [4.78, 5) is 26.4. The number of carboxylic acid groups (broad SMARTS) is 1. The molecule has 0 bridgehead atoms. The number of aliphatic hydroxyl groups is 7. The zero-order chi connectivity index (χ0) is 41.1. The van der Waals surface area contributed by atoms with Gasteiger partial charge < -0.3 is 59.8 Å². The van der Waals surface area contributed by atoms with Gasteiger partial charge in [-0.3, -0.25) is 4.79 Å². The number of ether oxygens (including phenoxy) is 4. The number of hydrogen-bond donors (Lipinski definition) is 8. The molecule has 5 aliphatic carbocycles. The molecule has 0 aromatic rings. The fourth-order valence-electron chi connectivity index (χ4n) is 13.5. The van der Waals surface area contributed by atoms with E-state index in [1.54, 1.807) is 0 Å². The SMILES string of the molecule is CC1(C)CCC2(C(=O)OC3OC(CO)C(O)C(O)C3O)CC[C@]3(C)C(=CCC4C5(C)CC[C@H](OC6OC(C(=O)O)C(O)C(O)C6O)C(C)(C)C5CCC43C)C2C1. The van der Waals surface area contributed by atoms with E-state index in [2.05, 4.69) is 54.5 Å². The minimum Gasteiger partial charge on any atom is -0.479 e. The van der Waals surface area contributed by atoms with Crippen LogP contribution < -0.4 is 0 Å². The van der Waals surface area contributed by atoms with Gasteiger partial charge in [0, 0.05) is 0 Å². The van der Waals surface area contributed by atoms with Crippen molar-refractivity contribution < 1.29 is 69.4 Å². The van der Waals surface area contributed by atoms with Gasteiger partial charge in [-0.15, -0.1) is 0 Å². The van der Waals surface area contributed by atoms with Gasteiger partial charge in [-0.05, 0) is 109 Å². The number of carboxylic acids is 1. The van der Waals surface area contributed by atoms with E-state index < -0.39 is 96.9 Å². The topological polar surface area (TPSA) is 233 Å². The van der Waals surface area contributed by atoms with Crippen molar-refractivity contribution in [1.29, 1.82) is 0 Å². The summed E-state index contributed by atoms with van der Waals surface area (Å²) >= 11 is 0. The highest BCUT2D eigenvalue weighted by atomic mass is 16.7. The minimum absolute atomic E-state index is 0.0330. The van der Waals surface area contributed by atoms with E-state index in [0.29, 0.717) is 25.2 Å². The smallest absolute Gasteiger partial charge is 0.335 e. The monoisotopic (exact) mass is 794 g/mol. The van der Waals surface area contributed by atoms with Crippen LogP contribution in [0.2, 0.25) is 0 Å². The van der Waals surface area contributed by atoms with Crippen LogP contribution in [0, 0.1) is 50.2 Å². The molecular weight excluding hydrogens is 728 g/mol. The molecular formula is C42H66O14. The second kappa shape index (κ2) is 14.2. The molecule has 14 nitrogen and oxygen atoms in total. The molecule has 0 spiro atoms. The highest BCUT2D eigenvalue weighted by Crippen LogP contribution is 2.76. The lowest BCUT2D eigenvalue weighted by Crippen LogP contribution is -2.66. The molecule has 16 unspecified atom stereocenters. The minimum atomic E-state index is -1.79. The average Bonchev–Trinajstić information content (AvgIpc) is 3.12. The highest BCUT2D eigenvalue weighted by Gasteiger charge is 2.70. The molecule has 0 amide bonds. The zero-order valence-electron chi connectivity index (χ0n) is 34.0. The van der Waals surface area contributed by atoms with Crippen LogP contribution in [0.3, 0.4) is 0 Å². The molecule has 318 valence electrons. The van der Waals surface area contributed by atoms with Crippen LogP contribution in [-0.2, 0) is 28.5 Å². The number of carbonyl (C=O) groups excluding carboxylic acids is 1. The summed E-state index contributed by atoms with van der Waals surface area (Å²) < 4.78 is 23.5. The molecule has 0 radical (unpaired) electrons. The normalized spacial score (nSPS) is 52.3. The Kier molecular flexibility index (Phi) is 10.8. The van der Waals surface area contributed by atoms with Crippen molar-refractivity contribution in [2.75, 3.05) is 6.61 Å². The third-order valence-electron chi connectivity index (χ3n) is 17.2. The van der Waals surface area contributed by atoms with Crippen LogP contribution in [0.25, 0.3) is 0 Å². The Bertz CT molecular complexity index is 1560. The quantitative estimate of drug-likeness (QED) is 0.110. The van der Waals surface area contributed by atoms with Crippen molar-refractivity contribution in [3.05, 3.63) is 11.6 Å². The summed E-state index contributed by atoms with van der Waals surface area (Å²) in [7, 11) is 0. The zero-order valence-corrected chi connectivity index (χ0v) is 34.0. The predicted octanol–water partition coefficient (Wildman–Crippen LogP) is 2.41. The van der Waals surface area contributed by atoms with E-state index in [1.807, 2.05) is 0 Å². The van der Waals surface area contributed by atoms with Gasteiger partial charge in [-0.2, -0.15) is 0 Å². The number of aliphatic hydroxyl groups excluding tert-OH is 7. The van der Waals surface area contributed by atoms with E-state index >= 15 is 0 Å². The van der Waals surface area contributed by atoms with E-state index in [4.69, 9.17) is 18.9 Å². The third-order valence-corrected chi connectivity index (χ3v) is 17.2. The second-order valence-corrected chi connectivity index (χ2v) is 20.7.